The molecule has 2 saturated carbocycles. The molecule has 3 fully saturated rings. The van der Waals surface area contributed by atoms with Gasteiger partial charge in [0.25, 0.3) is 11.5 Å². The second-order valence-corrected chi connectivity index (χ2v) is 9.30. The van der Waals surface area contributed by atoms with Crippen LogP contribution in [0.4, 0.5) is 0 Å². The number of nitrogens with one attached hydrogen (secondary N) is 1. The predicted molar refractivity (Wildman–Crippen MR) is 110 cm³/mol. The Morgan fingerprint density at radius 2 is 1.93 bits per heavy atom. The average molecular weight is 396 g/mol. The summed E-state index contributed by atoms with van der Waals surface area (Å²) in [6.45, 7) is 3.88. The van der Waals surface area contributed by atoms with Crippen LogP contribution < -0.4 is 11.2 Å². The molecule has 1 N–H and O–H groups in total. The number of fused-ring (bicyclic) bond motifs is 1. The topological polar surface area (TPSA) is 88.1 Å². The quantitative estimate of drug-likeness (QED) is 0.845. The van der Waals surface area contributed by atoms with Gasteiger partial charge >= 0.3 is 5.69 Å². The first-order valence-electron chi connectivity index (χ1n) is 10.9. The number of hydrogen-bond acceptors (Lipinski definition) is 4. The van der Waals surface area contributed by atoms with Gasteiger partial charge in [0.1, 0.15) is 5.65 Å². The van der Waals surface area contributed by atoms with Crippen LogP contribution in [0.2, 0.25) is 0 Å². The minimum Gasteiger partial charge on any atom is -0.338 e. The lowest BCUT2D eigenvalue weighted by Crippen LogP contribution is -2.51. The Morgan fingerprint density at radius 1 is 1.17 bits per heavy atom. The van der Waals surface area contributed by atoms with Crippen LogP contribution in [-0.4, -0.2) is 38.4 Å². The van der Waals surface area contributed by atoms with Crippen molar-refractivity contribution >= 4 is 16.9 Å². The molecule has 2 aromatic heterocycles. The van der Waals surface area contributed by atoms with Crippen molar-refractivity contribution in [1.82, 2.24) is 19.4 Å². The zero-order valence-corrected chi connectivity index (χ0v) is 16.9. The highest BCUT2D eigenvalue weighted by Crippen LogP contribution is 2.47. The molecule has 29 heavy (non-hydrogen) atoms. The first kappa shape index (κ1) is 18.6. The molecular formula is C22H28N4O3. The number of aromatic amines is 1. The van der Waals surface area contributed by atoms with Crippen LogP contribution in [0, 0.1) is 11.3 Å². The highest BCUT2D eigenvalue weighted by atomic mass is 16.2. The van der Waals surface area contributed by atoms with E-state index in [2.05, 4.69) is 16.9 Å². The molecule has 1 saturated heterocycles. The minimum atomic E-state index is -0.472. The fourth-order valence-corrected chi connectivity index (χ4v) is 5.46. The zero-order valence-electron chi connectivity index (χ0n) is 16.9. The summed E-state index contributed by atoms with van der Waals surface area (Å²) in [5.41, 5.74) is 0.166. The van der Waals surface area contributed by atoms with Crippen molar-refractivity contribution < 1.29 is 4.79 Å². The number of nitrogens with zero attached hydrogens (tertiary/aromatic N) is 3. The van der Waals surface area contributed by atoms with Crippen LogP contribution in [-0.2, 0) is 0 Å². The number of amides is 1. The Hall–Kier alpha value is -2.44. The summed E-state index contributed by atoms with van der Waals surface area (Å²) in [5.74, 6) is 0.581. The maximum atomic E-state index is 13.3. The van der Waals surface area contributed by atoms with Crippen LogP contribution in [0.25, 0.3) is 11.0 Å². The molecule has 1 aliphatic heterocycles. The van der Waals surface area contributed by atoms with Crippen molar-refractivity contribution in [3.8, 4) is 0 Å². The van der Waals surface area contributed by atoms with Crippen LogP contribution in [0.15, 0.2) is 21.9 Å². The van der Waals surface area contributed by atoms with Gasteiger partial charge in [-0.15, -0.1) is 0 Å². The van der Waals surface area contributed by atoms with Gasteiger partial charge in [-0.05, 0) is 49.5 Å². The Labute approximate surface area is 169 Å². The average Bonchev–Trinajstić information content (AvgIpc) is 3.55. The predicted octanol–water partition coefficient (Wildman–Crippen LogP) is 2.85. The number of aromatic nitrogens is 3. The number of pyridine rings is 1. The van der Waals surface area contributed by atoms with Crippen molar-refractivity contribution in [3.63, 3.8) is 0 Å². The molecule has 0 aromatic carbocycles. The number of H-pyrrole nitrogens is 1. The number of hydrogen-bond donors (Lipinski definition) is 1. The smallest absolute Gasteiger partial charge is 0.330 e. The van der Waals surface area contributed by atoms with Crippen molar-refractivity contribution in [1.29, 1.82) is 0 Å². The Balaban J connectivity index is 1.48. The summed E-state index contributed by atoms with van der Waals surface area (Å²) in [6, 6.07) is 1.72. The van der Waals surface area contributed by atoms with Crippen LogP contribution in [0.3, 0.4) is 0 Å². The number of likely N-dealkylation sites (tertiary alicyclic amines) is 1. The lowest BCUT2D eigenvalue weighted by Gasteiger charge is -2.49. The first-order chi connectivity index (χ1) is 14.0. The Kier molecular flexibility index (Phi) is 4.37. The normalized spacial score (nSPS) is 24.2. The molecule has 0 radical (unpaired) electrons. The lowest BCUT2D eigenvalue weighted by molar-refractivity contribution is 0.00682. The monoisotopic (exact) mass is 396 g/mol. The molecule has 3 aliphatic rings. The fraction of sp³-hybridized carbons (Fsp3) is 0.636. The molecule has 1 amide bonds. The molecular weight excluding hydrogens is 368 g/mol. The summed E-state index contributed by atoms with van der Waals surface area (Å²) < 4.78 is 1.56. The van der Waals surface area contributed by atoms with Crippen molar-refractivity contribution in [3.05, 3.63) is 38.7 Å². The minimum absolute atomic E-state index is 0.0557. The second-order valence-electron chi connectivity index (χ2n) is 9.30. The summed E-state index contributed by atoms with van der Waals surface area (Å²) in [7, 11) is 0. The van der Waals surface area contributed by atoms with E-state index in [4.69, 9.17) is 0 Å². The Morgan fingerprint density at radius 3 is 2.66 bits per heavy atom. The molecule has 7 heteroatoms. The van der Waals surface area contributed by atoms with Gasteiger partial charge in [0, 0.05) is 25.3 Å². The van der Waals surface area contributed by atoms with Gasteiger partial charge < -0.3 is 4.90 Å². The maximum absolute atomic E-state index is 13.3. The zero-order chi connectivity index (χ0) is 20.2. The van der Waals surface area contributed by atoms with Crippen LogP contribution in [0.5, 0.6) is 0 Å². The van der Waals surface area contributed by atoms with Gasteiger partial charge in [0.15, 0.2) is 0 Å². The number of rotatable bonds is 2. The van der Waals surface area contributed by atoms with Crippen LogP contribution >= 0.6 is 0 Å². The molecule has 1 atom stereocenters. The second kappa shape index (κ2) is 6.82. The van der Waals surface area contributed by atoms with Gasteiger partial charge in [0.2, 0.25) is 0 Å². The highest BCUT2D eigenvalue weighted by molar-refractivity contribution is 5.96. The standard InChI is InChI=1S/C22H28N4O3/c1-14-7-10-25(13-22(14)8-3-2-4-9-22)20(28)15-11-17-18(23-12-15)26(16-5-6-16)21(29)24-19(17)27/h11-12,14,16H,2-10,13H2,1H3,(H,24,27,29). The van der Waals surface area contributed by atoms with Crippen molar-refractivity contribution in [2.75, 3.05) is 13.1 Å². The van der Waals surface area contributed by atoms with E-state index in [1.54, 1.807) is 10.6 Å². The molecule has 154 valence electrons. The third kappa shape index (κ3) is 3.11. The van der Waals surface area contributed by atoms with Gasteiger partial charge in [-0.2, -0.15) is 0 Å². The van der Waals surface area contributed by atoms with Crippen molar-refractivity contribution in [2.24, 2.45) is 11.3 Å². The molecule has 0 bridgehead atoms. The van der Waals surface area contributed by atoms with Gasteiger partial charge in [-0.3, -0.25) is 19.1 Å². The lowest BCUT2D eigenvalue weighted by atomic mass is 9.63. The van der Waals surface area contributed by atoms with E-state index in [1.165, 1.54) is 38.3 Å². The molecule has 1 unspecified atom stereocenters. The Bertz CT molecular complexity index is 1080. The highest BCUT2D eigenvalue weighted by Gasteiger charge is 2.43. The first-order valence-corrected chi connectivity index (χ1v) is 10.9. The third-order valence-corrected chi connectivity index (χ3v) is 7.46. The molecule has 5 rings (SSSR count). The summed E-state index contributed by atoms with van der Waals surface area (Å²) >= 11 is 0. The van der Waals surface area contributed by atoms with Gasteiger partial charge in [-0.1, -0.05) is 26.2 Å². The molecule has 2 aliphatic carbocycles. The van der Waals surface area contributed by atoms with E-state index in [9.17, 15) is 14.4 Å². The fourth-order valence-electron chi connectivity index (χ4n) is 5.46. The van der Waals surface area contributed by atoms with Crippen molar-refractivity contribution in [2.45, 2.75) is 64.3 Å². The summed E-state index contributed by atoms with van der Waals surface area (Å²) in [4.78, 5) is 46.6. The van der Waals surface area contributed by atoms with Gasteiger partial charge in [0.05, 0.1) is 10.9 Å². The van der Waals surface area contributed by atoms with E-state index in [1.807, 2.05) is 4.90 Å². The SMILES string of the molecule is CC1CCN(C(=O)c2cnc3c(c2)c(=O)[nH]c(=O)n3C2CC2)CC12CCCCC2. The molecule has 2 aromatic rings. The molecule has 3 heterocycles. The van der Waals surface area contributed by atoms with E-state index in [-0.39, 0.29) is 17.4 Å². The van der Waals surface area contributed by atoms with E-state index >= 15 is 0 Å². The van der Waals surface area contributed by atoms with Gasteiger partial charge in [-0.25, -0.2) is 9.78 Å². The number of carbonyl (C=O) groups is 1. The number of piperidine rings is 1. The summed E-state index contributed by atoms with van der Waals surface area (Å²) in [5, 5.41) is 0.320. The maximum Gasteiger partial charge on any atom is 0.330 e. The van der Waals surface area contributed by atoms with E-state index in [0.29, 0.717) is 22.5 Å². The van der Waals surface area contributed by atoms with E-state index in [0.717, 1.165) is 32.4 Å². The van der Waals surface area contributed by atoms with E-state index < -0.39 is 11.2 Å². The largest absolute Gasteiger partial charge is 0.338 e. The molecule has 7 nitrogen and oxygen atoms in total. The third-order valence-electron chi connectivity index (χ3n) is 7.46. The number of carbonyl (C=O) groups excluding carboxylic acids is 1. The molecule has 1 spiro atoms. The van der Waals surface area contributed by atoms with Crippen LogP contribution in [0.1, 0.15) is 74.7 Å². The summed E-state index contributed by atoms with van der Waals surface area (Å²) in [6.07, 6.45) is 10.6.